The second-order valence-corrected chi connectivity index (χ2v) is 4.69. The zero-order valence-corrected chi connectivity index (χ0v) is 10.1. The molecule has 0 amide bonds. The summed E-state index contributed by atoms with van der Waals surface area (Å²) in [4.78, 5) is 1.93. The Morgan fingerprint density at radius 3 is 2.44 bits per heavy atom. The highest BCUT2D eigenvalue weighted by Gasteiger charge is 2.14. The molecule has 0 fully saturated rings. The Bertz CT molecular complexity index is 452. The van der Waals surface area contributed by atoms with Gasteiger partial charge in [0.15, 0.2) is 0 Å². The number of nitrogens with two attached hydrogens (primary N) is 1. The molecule has 0 saturated heterocycles. The molecule has 2 rings (SSSR count). The average Bonchev–Trinajstić information content (AvgIpc) is 2.78. The van der Waals surface area contributed by atoms with E-state index in [1.807, 2.05) is 49.3 Å². The average molecular weight is 234 g/mol. The topological polar surface area (TPSA) is 55.0 Å². The predicted molar refractivity (Wildman–Crippen MR) is 66.7 cm³/mol. The van der Waals surface area contributed by atoms with E-state index in [0.717, 1.165) is 15.7 Å². The van der Waals surface area contributed by atoms with E-state index >= 15 is 0 Å². The van der Waals surface area contributed by atoms with Crippen LogP contribution in [0.4, 0.5) is 5.13 Å². The maximum absolute atomic E-state index is 6.12. The fraction of sp³-hybridized carbons (Fsp3) is 0.273. The van der Waals surface area contributed by atoms with Gasteiger partial charge >= 0.3 is 0 Å². The Hall–Kier alpha value is -1.46. The third-order valence-corrected chi connectivity index (χ3v) is 3.41. The molecule has 1 heterocycles. The summed E-state index contributed by atoms with van der Waals surface area (Å²) < 4.78 is 0. The fourth-order valence-corrected chi connectivity index (χ4v) is 2.13. The molecule has 0 bridgehead atoms. The van der Waals surface area contributed by atoms with Gasteiger partial charge in [0, 0.05) is 14.1 Å². The van der Waals surface area contributed by atoms with Crippen molar-refractivity contribution < 1.29 is 0 Å². The molecule has 2 aromatic rings. The summed E-state index contributed by atoms with van der Waals surface area (Å²) in [5.41, 5.74) is 7.18. The van der Waals surface area contributed by atoms with Crippen molar-refractivity contribution in [1.82, 2.24) is 10.2 Å². The van der Waals surface area contributed by atoms with Crippen LogP contribution >= 0.6 is 11.3 Å². The van der Waals surface area contributed by atoms with Gasteiger partial charge in [-0.05, 0) is 5.56 Å². The van der Waals surface area contributed by atoms with E-state index in [4.69, 9.17) is 5.73 Å². The third kappa shape index (κ3) is 2.20. The molecule has 0 radical (unpaired) electrons. The molecule has 0 saturated carbocycles. The molecular weight excluding hydrogens is 220 g/mol. The van der Waals surface area contributed by atoms with Crippen LogP contribution < -0.4 is 10.6 Å². The van der Waals surface area contributed by atoms with E-state index in [9.17, 15) is 0 Å². The molecule has 16 heavy (non-hydrogen) atoms. The molecule has 5 heteroatoms. The van der Waals surface area contributed by atoms with E-state index in [2.05, 4.69) is 10.2 Å². The van der Waals surface area contributed by atoms with E-state index < -0.39 is 0 Å². The number of hydrogen-bond donors (Lipinski definition) is 1. The number of nitrogens with zero attached hydrogens (tertiary/aromatic N) is 3. The number of rotatable bonds is 3. The lowest BCUT2D eigenvalue weighted by atomic mass is 10.1. The van der Waals surface area contributed by atoms with Gasteiger partial charge in [-0.15, -0.1) is 10.2 Å². The van der Waals surface area contributed by atoms with Crippen LogP contribution in [0.25, 0.3) is 0 Å². The van der Waals surface area contributed by atoms with Crippen molar-refractivity contribution in [1.29, 1.82) is 0 Å². The van der Waals surface area contributed by atoms with Crippen LogP contribution in [0, 0.1) is 0 Å². The highest BCUT2D eigenvalue weighted by molar-refractivity contribution is 7.15. The van der Waals surface area contributed by atoms with Crippen LogP contribution in [-0.4, -0.2) is 24.3 Å². The summed E-state index contributed by atoms with van der Waals surface area (Å²) in [6.07, 6.45) is 0. The maximum atomic E-state index is 6.12. The largest absolute Gasteiger partial charge is 0.353 e. The summed E-state index contributed by atoms with van der Waals surface area (Å²) in [6.45, 7) is 0. The number of anilines is 1. The van der Waals surface area contributed by atoms with Crippen molar-refractivity contribution >= 4 is 16.5 Å². The van der Waals surface area contributed by atoms with Crippen LogP contribution in [0.1, 0.15) is 16.6 Å². The van der Waals surface area contributed by atoms with Crippen molar-refractivity contribution in [2.45, 2.75) is 6.04 Å². The standard InChI is InChI=1S/C11H14N4S/c1-15(2)11-14-13-10(16-11)9(12)8-6-4-3-5-7-8/h3-7,9H,12H2,1-2H3. The molecule has 0 spiro atoms. The van der Waals surface area contributed by atoms with Crippen molar-refractivity contribution in [3.63, 3.8) is 0 Å². The predicted octanol–water partition coefficient (Wildman–Crippen LogP) is 1.65. The normalized spacial score (nSPS) is 12.4. The smallest absolute Gasteiger partial charge is 0.207 e. The molecule has 2 N–H and O–H groups in total. The molecule has 84 valence electrons. The van der Waals surface area contributed by atoms with Gasteiger partial charge in [-0.2, -0.15) is 0 Å². The third-order valence-electron chi connectivity index (χ3n) is 2.24. The Labute approximate surface area is 98.7 Å². The highest BCUT2D eigenvalue weighted by atomic mass is 32.1. The quantitative estimate of drug-likeness (QED) is 0.877. The minimum atomic E-state index is -0.188. The van der Waals surface area contributed by atoms with Gasteiger partial charge in [0.25, 0.3) is 0 Å². The van der Waals surface area contributed by atoms with Crippen LogP contribution in [0.2, 0.25) is 0 Å². The molecule has 4 nitrogen and oxygen atoms in total. The van der Waals surface area contributed by atoms with Gasteiger partial charge in [0.1, 0.15) is 5.01 Å². The van der Waals surface area contributed by atoms with Crippen molar-refractivity contribution in [3.05, 3.63) is 40.9 Å². The lowest BCUT2D eigenvalue weighted by Gasteiger charge is -2.07. The van der Waals surface area contributed by atoms with Crippen LogP contribution in [-0.2, 0) is 0 Å². The van der Waals surface area contributed by atoms with Crippen molar-refractivity contribution in [2.75, 3.05) is 19.0 Å². The van der Waals surface area contributed by atoms with Crippen LogP contribution in [0.15, 0.2) is 30.3 Å². The lowest BCUT2D eigenvalue weighted by molar-refractivity contribution is 0.828. The molecule has 1 unspecified atom stereocenters. The van der Waals surface area contributed by atoms with E-state index in [0.29, 0.717) is 0 Å². The number of hydrogen-bond acceptors (Lipinski definition) is 5. The Balaban J connectivity index is 2.24. The summed E-state index contributed by atoms with van der Waals surface area (Å²) in [5.74, 6) is 0. The van der Waals surface area contributed by atoms with Gasteiger partial charge in [0.2, 0.25) is 5.13 Å². The lowest BCUT2D eigenvalue weighted by Crippen LogP contribution is -2.11. The molecule has 0 aliphatic carbocycles. The summed E-state index contributed by atoms with van der Waals surface area (Å²) in [6, 6.07) is 9.74. The number of benzene rings is 1. The first-order valence-electron chi connectivity index (χ1n) is 4.99. The Morgan fingerprint density at radius 1 is 1.19 bits per heavy atom. The van der Waals surface area contributed by atoms with Gasteiger partial charge in [-0.1, -0.05) is 41.7 Å². The van der Waals surface area contributed by atoms with Gasteiger partial charge in [-0.3, -0.25) is 0 Å². The fourth-order valence-electron chi connectivity index (χ4n) is 1.34. The van der Waals surface area contributed by atoms with Crippen molar-refractivity contribution in [3.8, 4) is 0 Å². The minimum absolute atomic E-state index is 0.188. The van der Waals surface area contributed by atoms with Crippen LogP contribution in [0.3, 0.4) is 0 Å². The molecule has 1 aromatic heterocycles. The molecule has 1 aromatic carbocycles. The monoisotopic (exact) mass is 234 g/mol. The molecule has 1 atom stereocenters. The first-order valence-corrected chi connectivity index (χ1v) is 5.81. The molecule has 0 aliphatic heterocycles. The summed E-state index contributed by atoms with van der Waals surface area (Å²) in [7, 11) is 3.89. The van der Waals surface area contributed by atoms with E-state index in [-0.39, 0.29) is 6.04 Å². The van der Waals surface area contributed by atoms with E-state index in [1.54, 1.807) is 0 Å². The summed E-state index contributed by atoms with van der Waals surface area (Å²) >= 11 is 1.52. The Morgan fingerprint density at radius 2 is 1.88 bits per heavy atom. The second kappa shape index (κ2) is 4.59. The maximum Gasteiger partial charge on any atom is 0.207 e. The van der Waals surface area contributed by atoms with Gasteiger partial charge < -0.3 is 10.6 Å². The molecule has 0 aliphatic rings. The first kappa shape index (κ1) is 11.0. The van der Waals surface area contributed by atoms with Crippen molar-refractivity contribution in [2.24, 2.45) is 5.73 Å². The zero-order valence-electron chi connectivity index (χ0n) is 9.29. The highest BCUT2D eigenvalue weighted by Crippen LogP contribution is 2.26. The zero-order chi connectivity index (χ0) is 11.5. The Kier molecular flexibility index (Phi) is 3.17. The second-order valence-electron chi connectivity index (χ2n) is 3.71. The number of aromatic nitrogens is 2. The minimum Gasteiger partial charge on any atom is -0.353 e. The van der Waals surface area contributed by atoms with Gasteiger partial charge in [-0.25, -0.2) is 0 Å². The van der Waals surface area contributed by atoms with Gasteiger partial charge in [0.05, 0.1) is 6.04 Å². The molecular formula is C11H14N4S. The van der Waals surface area contributed by atoms with E-state index in [1.165, 1.54) is 11.3 Å². The van der Waals surface area contributed by atoms with Crippen LogP contribution in [0.5, 0.6) is 0 Å². The SMILES string of the molecule is CN(C)c1nnc(C(N)c2ccccc2)s1. The first-order chi connectivity index (χ1) is 7.68. The summed E-state index contributed by atoms with van der Waals surface area (Å²) in [5, 5.41) is 9.91.